The van der Waals surface area contributed by atoms with Crippen LogP contribution in [0.3, 0.4) is 0 Å². The Balaban J connectivity index is 1.96. The molecule has 0 spiro atoms. The van der Waals surface area contributed by atoms with Crippen LogP contribution in [0.15, 0.2) is 0 Å². The second kappa shape index (κ2) is 6.21. The van der Waals surface area contributed by atoms with Gasteiger partial charge in [0.05, 0.1) is 13.2 Å². The molecule has 7 nitrogen and oxygen atoms in total. The molecule has 2 aliphatic rings. The number of carbonyl (C=O) groups is 2. The lowest BCUT2D eigenvalue weighted by Gasteiger charge is -2.40. The minimum atomic E-state index is -1.000. The van der Waals surface area contributed by atoms with E-state index in [1.165, 1.54) is 4.90 Å². The quantitative estimate of drug-likeness (QED) is 0.735. The van der Waals surface area contributed by atoms with Gasteiger partial charge in [0.25, 0.3) is 0 Å². The summed E-state index contributed by atoms with van der Waals surface area (Å²) < 4.78 is 5.14. The van der Waals surface area contributed by atoms with Gasteiger partial charge in [-0.25, -0.2) is 9.59 Å². The van der Waals surface area contributed by atoms with Crippen molar-refractivity contribution in [2.75, 3.05) is 52.5 Å². The number of carboxylic acid groups (broad SMARTS) is 1. The highest BCUT2D eigenvalue weighted by atomic mass is 16.5. The van der Waals surface area contributed by atoms with Crippen LogP contribution in [0.1, 0.15) is 6.92 Å². The molecular formula is C12H21N3O4. The molecule has 19 heavy (non-hydrogen) atoms. The summed E-state index contributed by atoms with van der Waals surface area (Å²) in [6.45, 7) is 6.95. The Hall–Kier alpha value is -1.34. The smallest absolute Gasteiger partial charge is 0.328 e. The highest BCUT2D eigenvalue weighted by Gasteiger charge is 2.35. The van der Waals surface area contributed by atoms with Crippen molar-refractivity contribution in [3.63, 3.8) is 0 Å². The molecular weight excluding hydrogens is 250 g/mol. The van der Waals surface area contributed by atoms with E-state index < -0.39 is 12.0 Å². The maximum atomic E-state index is 12.4. The summed E-state index contributed by atoms with van der Waals surface area (Å²) in [4.78, 5) is 29.0. The predicted octanol–water partition coefficient (Wildman–Crippen LogP) is -0.471. The van der Waals surface area contributed by atoms with Crippen LogP contribution < -0.4 is 0 Å². The first-order valence-corrected chi connectivity index (χ1v) is 6.72. The fourth-order valence-corrected chi connectivity index (χ4v) is 2.47. The van der Waals surface area contributed by atoms with Gasteiger partial charge >= 0.3 is 12.0 Å². The number of ether oxygens (including phenoxy) is 1. The maximum absolute atomic E-state index is 12.4. The number of amides is 2. The van der Waals surface area contributed by atoms with Crippen LogP contribution in [0.4, 0.5) is 4.79 Å². The van der Waals surface area contributed by atoms with E-state index in [-0.39, 0.29) is 12.6 Å². The number of carboxylic acids is 1. The normalized spacial score (nSPS) is 25.4. The molecule has 0 aromatic rings. The maximum Gasteiger partial charge on any atom is 0.328 e. The number of likely N-dealkylation sites (N-methyl/N-ethyl adjacent to an activating group) is 1. The molecule has 108 valence electrons. The summed E-state index contributed by atoms with van der Waals surface area (Å²) in [6.07, 6.45) is 0. The molecule has 1 atom stereocenters. The third-order valence-electron chi connectivity index (χ3n) is 3.75. The van der Waals surface area contributed by atoms with Gasteiger partial charge in [0.15, 0.2) is 6.04 Å². The molecule has 0 aromatic carbocycles. The Morgan fingerprint density at radius 2 is 1.89 bits per heavy atom. The molecule has 0 bridgehead atoms. The van der Waals surface area contributed by atoms with Crippen LogP contribution in [-0.2, 0) is 9.53 Å². The van der Waals surface area contributed by atoms with Crippen LogP contribution in [-0.4, -0.2) is 90.3 Å². The minimum Gasteiger partial charge on any atom is -0.480 e. The first-order chi connectivity index (χ1) is 9.13. The molecule has 7 heteroatoms. The van der Waals surface area contributed by atoms with Gasteiger partial charge in [0, 0.05) is 32.7 Å². The van der Waals surface area contributed by atoms with Crippen molar-refractivity contribution in [3.05, 3.63) is 0 Å². The molecule has 2 aliphatic heterocycles. The van der Waals surface area contributed by atoms with E-state index in [0.29, 0.717) is 26.2 Å². The number of rotatable bonds is 2. The number of hydrogen-bond donors (Lipinski definition) is 1. The topological polar surface area (TPSA) is 73.3 Å². The van der Waals surface area contributed by atoms with Gasteiger partial charge in [0.2, 0.25) is 0 Å². The van der Waals surface area contributed by atoms with E-state index in [0.717, 1.165) is 19.6 Å². The molecule has 2 fully saturated rings. The zero-order valence-corrected chi connectivity index (χ0v) is 11.2. The molecule has 2 heterocycles. The number of hydrogen-bond acceptors (Lipinski definition) is 4. The standard InChI is InChI=1S/C12H21N3O4/c1-2-13-3-5-14(6-4-13)12(18)15-7-8-19-9-10(15)11(16)17/h10H,2-9H2,1H3,(H,16,17). The third-order valence-corrected chi connectivity index (χ3v) is 3.75. The monoisotopic (exact) mass is 271 g/mol. The van der Waals surface area contributed by atoms with Crippen molar-refractivity contribution in [2.45, 2.75) is 13.0 Å². The molecule has 0 aromatic heterocycles. The number of morpholine rings is 1. The van der Waals surface area contributed by atoms with Crippen molar-refractivity contribution < 1.29 is 19.4 Å². The third kappa shape index (κ3) is 3.16. The number of carbonyl (C=O) groups excluding carboxylic acids is 1. The van der Waals surface area contributed by atoms with E-state index in [9.17, 15) is 9.59 Å². The zero-order valence-electron chi connectivity index (χ0n) is 11.2. The SMILES string of the molecule is CCN1CCN(C(=O)N2CCOCC2C(=O)O)CC1. The summed E-state index contributed by atoms with van der Waals surface area (Å²) in [5, 5.41) is 9.14. The van der Waals surface area contributed by atoms with E-state index in [1.807, 2.05) is 0 Å². The largest absolute Gasteiger partial charge is 0.480 e. The molecule has 2 amide bonds. The lowest BCUT2D eigenvalue weighted by atomic mass is 10.2. The second-order valence-corrected chi connectivity index (χ2v) is 4.83. The average molecular weight is 271 g/mol. The Labute approximate surface area is 112 Å². The van der Waals surface area contributed by atoms with Gasteiger partial charge in [-0.1, -0.05) is 6.92 Å². The molecule has 2 saturated heterocycles. The van der Waals surface area contributed by atoms with Gasteiger partial charge in [-0.15, -0.1) is 0 Å². The summed E-state index contributed by atoms with van der Waals surface area (Å²) in [7, 11) is 0. The average Bonchev–Trinajstić information content (AvgIpc) is 2.46. The predicted molar refractivity (Wildman–Crippen MR) is 68.0 cm³/mol. The first-order valence-electron chi connectivity index (χ1n) is 6.72. The van der Waals surface area contributed by atoms with Gasteiger partial charge < -0.3 is 24.5 Å². The highest BCUT2D eigenvalue weighted by molar-refractivity contribution is 5.83. The lowest BCUT2D eigenvalue weighted by molar-refractivity contribution is -0.147. The summed E-state index contributed by atoms with van der Waals surface area (Å²) in [6, 6.07) is -1.03. The van der Waals surface area contributed by atoms with Gasteiger partial charge in [-0.05, 0) is 6.54 Å². The number of aliphatic carboxylic acids is 1. The van der Waals surface area contributed by atoms with Crippen molar-refractivity contribution >= 4 is 12.0 Å². The van der Waals surface area contributed by atoms with Gasteiger partial charge in [-0.2, -0.15) is 0 Å². The van der Waals surface area contributed by atoms with Crippen LogP contribution >= 0.6 is 0 Å². The van der Waals surface area contributed by atoms with Crippen LogP contribution in [0.5, 0.6) is 0 Å². The van der Waals surface area contributed by atoms with Crippen molar-refractivity contribution in [1.82, 2.24) is 14.7 Å². The van der Waals surface area contributed by atoms with Crippen LogP contribution in [0.25, 0.3) is 0 Å². The molecule has 1 N–H and O–H groups in total. The van der Waals surface area contributed by atoms with Crippen molar-refractivity contribution in [3.8, 4) is 0 Å². The Morgan fingerprint density at radius 1 is 1.21 bits per heavy atom. The summed E-state index contributed by atoms with van der Waals surface area (Å²) >= 11 is 0. The summed E-state index contributed by atoms with van der Waals surface area (Å²) in [5.74, 6) is -1.000. The highest BCUT2D eigenvalue weighted by Crippen LogP contribution is 2.12. The Kier molecular flexibility index (Phi) is 4.60. The van der Waals surface area contributed by atoms with E-state index in [1.54, 1.807) is 4.90 Å². The van der Waals surface area contributed by atoms with E-state index >= 15 is 0 Å². The van der Waals surface area contributed by atoms with Crippen LogP contribution in [0.2, 0.25) is 0 Å². The fourth-order valence-electron chi connectivity index (χ4n) is 2.47. The molecule has 0 saturated carbocycles. The van der Waals surface area contributed by atoms with Gasteiger partial charge in [0.1, 0.15) is 0 Å². The number of piperazine rings is 1. The Bertz CT molecular complexity index is 342. The van der Waals surface area contributed by atoms with Crippen LogP contribution in [0, 0.1) is 0 Å². The molecule has 0 radical (unpaired) electrons. The Morgan fingerprint density at radius 3 is 2.47 bits per heavy atom. The molecule has 1 unspecified atom stereocenters. The van der Waals surface area contributed by atoms with Crippen molar-refractivity contribution in [1.29, 1.82) is 0 Å². The van der Waals surface area contributed by atoms with E-state index in [4.69, 9.17) is 9.84 Å². The zero-order chi connectivity index (χ0) is 13.8. The fraction of sp³-hybridized carbons (Fsp3) is 0.833. The number of urea groups is 1. The lowest BCUT2D eigenvalue weighted by Crippen LogP contribution is -2.59. The van der Waals surface area contributed by atoms with Crippen molar-refractivity contribution in [2.24, 2.45) is 0 Å². The second-order valence-electron chi connectivity index (χ2n) is 4.83. The summed E-state index contributed by atoms with van der Waals surface area (Å²) in [5.41, 5.74) is 0. The first kappa shape index (κ1) is 14.1. The molecule has 0 aliphatic carbocycles. The number of nitrogens with zero attached hydrogens (tertiary/aromatic N) is 3. The minimum absolute atomic E-state index is 0.0794. The van der Waals surface area contributed by atoms with E-state index in [2.05, 4.69) is 11.8 Å². The molecule has 2 rings (SSSR count). The van der Waals surface area contributed by atoms with Gasteiger partial charge in [-0.3, -0.25) is 0 Å².